The summed E-state index contributed by atoms with van der Waals surface area (Å²) in [5.41, 5.74) is 2.24. The fourth-order valence-electron chi connectivity index (χ4n) is 4.48. The summed E-state index contributed by atoms with van der Waals surface area (Å²) in [6.07, 6.45) is 4.23. The van der Waals surface area contributed by atoms with Crippen molar-refractivity contribution in [2.45, 2.75) is 13.3 Å². The highest BCUT2D eigenvalue weighted by molar-refractivity contribution is 5.98. The molecular weight excluding hydrogens is 529 g/mol. The van der Waals surface area contributed by atoms with E-state index in [9.17, 15) is 9.59 Å². The number of fused-ring (bicyclic) bond motifs is 1. The van der Waals surface area contributed by atoms with Crippen LogP contribution in [0.2, 0.25) is 0 Å². The molecule has 9 nitrogen and oxygen atoms in total. The molecule has 2 aromatic carbocycles. The van der Waals surface area contributed by atoms with Gasteiger partial charge in [-0.1, -0.05) is 6.07 Å². The van der Waals surface area contributed by atoms with Crippen molar-refractivity contribution in [1.82, 2.24) is 15.0 Å². The van der Waals surface area contributed by atoms with Gasteiger partial charge in [0.25, 0.3) is 0 Å². The Morgan fingerprint density at radius 2 is 1.71 bits per heavy atom. The molecule has 0 spiro atoms. The van der Waals surface area contributed by atoms with Crippen LogP contribution in [-0.2, 0) is 6.42 Å². The predicted octanol–water partition coefficient (Wildman–Crippen LogP) is 5.68. The summed E-state index contributed by atoms with van der Waals surface area (Å²) in [6, 6.07) is 12.6. The van der Waals surface area contributed by atoms with Gasteiger partial charge >= 0.3 is 0 Å². The number of benzene rings is 2. The van der Waals surface area contributed by atoms with E-state index in [1.165, 1.54) is 52.1 Å². The Labute approximate surface area is 234 Å². The number of carbonyl (C=O) groups excluding carboxylic acids is 1. The van der Waals surface area contributed by atoms with Crippen LogP contribution >= 0.6 is 0 Å². The van der Waals surface area contributed by atoms with Crippen molar-refractivity contribution in [2.75, 3.05) is 21.3 Å². The van der Waals surface area contributed by atoms with Gasteiger partial charge in [-0.05, 0) is 36.8 Å². The molecule has 0 unspecified atom stereocenters. The lowest BCUT2D eigenvalue weighted by Crippen LogP contribution is -2.20. The molecule has 0 bridgehead atoms. The second-order valence-electron chi connectivity index (χ2n) is 9.12. The SMILES string of the molecule is COc1ccc(-c2c(C)[nH]cc(C(=O)Cc3ccc(Oc4ccnc5cc(OC)cnc45)c(F)c3)c2=O)c(OC)c1. The number of rotatable bonds is 9. The average molecular weight is 556 g/mol. The molecular formula is C31H26FN3O6. The van der Waals surface area contributed by atoms with Gasteiger partial charge in [0.1, 0.15) is 22.8 Å². The molecule has 0 saturated heterocycles. The maximum atomic E-state index is 15.1. The maximum Gasteiger partial charge on any atom is 0.200 e. The van der Waals surface area contributed by atoms with Gasteiger partial charge in [-0.3, -0.25) is 14.6 Å². The summed E-state index contributed by atoms with van der Waals surface area (Å²) in [5, 5.41) is 0. The fraction of sp³-hybridized carbons (Fsp3) is 0.161. The van der Waals surface area contributed by atoms with Crippen LogP contribution in [-0.4, -0.2) is 42.1 Å². The molecule has 0 amide bonds. The molecule has 0 atom stereocenters. The van der Waals surface area contributed by atoms with E-state index >= 15 is 4.39 Å². The molecule has 3 aromatic heterocycles. The van der Waals surface area contributed by atoms with Gasteiger partial charge in [-0.2, -0.15) is 0 Å². The number of ketones is 1. The van der Waals surface area contributed by atoms with Crippen molar-refractivity contribution < 1.29 is 28.1 Å². The first-order valence-electron chi connectivity index (χ1n) is 12.6. The predicted molar refractivity (Wildman–Crippen MR) is 151 cm³/mol. The smallest absolute Gasteiger partial charge is 0.200 e. The zero-order valence-corrected chi connectivity index (χ0v) is 22.8. The highest BCUT2D eigenvalue weighted by Gasteiger charge is 2.20. The Kier molecular flexibility index (Phi) is 7.64. The largest absolute Gasteiger partial charge is 0.497 e. The Morgan fingerprint density at radius 3 is 2.44 bits per heavy atom. The molecule has 0 fully saturated rings. The quantitative estimate of drug-likeness (QED) is 0.231. The van der Waals surface area contributed by atoms with Crippen LogP contribution in [0.15, 0.2) is 71.9 Å². The summed E-state index contributed by atoms with van der Waals surface area (Å²) in [6.45, 7) is 1.74. The first-order chi connectivity index (χ1) is 19.8. The van der Waals surface area contributed by atoms with Crippen molar-refractivity contribution >= 4 is 16.8 Å². The Hall–Kier alpha value is -5.25. The summed E-state index contributed by atoms with van der Waals surface area (Å²) in [7, 11) is 4.55. The van der Waals surface area contributed by atoms with E-state index < -0.39 is 17.0 Å². The van der Waals surface area contributed by atoms with Gasteiger partial charge in [0.2, 0.25) is 5.43 Å². The Morgan fingerprint density at radius 1 is 0.902 bits per heavy atom. The third kappa shape index (κ3) is 5.44. The van der Waals surface area contributed by atoms with E-state index in [4.69, 9.17) is 18.9 Å². The van der Waals surface area contributed by atoms with E-state index in [1.54, 1.807) is 43.3 Å². The third-order valence-electron chi connectivity index (χ3n) is 6.59. The van der Waals surface area contributed by atoms with Gasteiger partial charge < -0.3 is 23.9 Å². The molecule has 3 heterocycles. The fourth-order valence-corrected chi connectivity index (χ4v) is 4.48. The summed E-state index contributed by atoms with van der Waals surface area (Å²) in [5.74, 6) is 0.652. The highest BCUT2D eigenvalue weighted by Crippen LogP contribution is 2.34. The summed E-state index contributed by atoms with van der Waals surface area (Å²) < 4.78 is 36.8. The molecule has 0 radical (unpaired) electrons. The van der Waals surface area contributed by atoms with E-state index in [-0.39, 0.29) is 17.7 Å². The van der Waals surface area contributed by atoms with Crippen molar-refractivity contribution in [1.29, 1.82) is 0 Å². The maximum absolute atomic E-state index is 15.1. The van der Waals surface area contributed by atoms with Crippen LogP contribution < -0.4 is 24.4 Å². The Balaban J connectivity index is 1.40. The number of Topliss-reactive ketones (excluding diaryl/α,β-unsaturated/α-hetero) is 1. The van der Waals surface area contributed by atoms with Gasteiger partial charge in [-0.15, -0.1) is 0 Å². The minimum atomic E-state index is -0.671. The van der Waals surface area contributed by atoms with Gasteiger partial charge in [-0.25, -0.2) is 9.37 Å². The van der Waals surface area contributed by atoms with Crippen molar-refractivity contribution in [3.05, 3.63) is 100.0 Å². The molecule has 10 heteroatoms. The summed E-state index contributed by atoms with van der Waals surface area (Å²) in [4.78, 5) is 38.3. The molecule has 41 heavy (non-hydrogen) atoms. The molecule has 0 saturated carbocycles. The zero-order valence-electron chi connectivity index (χ0n) is 22.8. The van der Waals surface area contributed by atoms with Crippen LogP contribution in [0.4, 0.5) is 4.39 Å². The van der Waals surface area contributed by atoms with Gasteiger partial charge in [0.05, 0.1) is 44.2 Å². The van der Waals surface area contributed by atoms with Crippen molar-refractivity contribution in [3.63, 3.8) is 0 Å². The minimum Gasteiger partial charge on any atom is -0.497 e. The number of halogens is 1. The molecule has 0 aliphatic rings. The number of nitrogens with one attached hydrogen (secondary N) is 1. The molecule has 0 aliphatic carbocycles. The summed E-state index contributed by atoms with van der Waals surface area (Å²) >= 11 is 0. The number of methoxy groups -OCH3 is 3. The number of pyridine rings is 3. The zero-order chi connectivity index (χ0) is 29.1. The first kappa shape index (κ1) is 27.3. The third-order valence-corrected chi connectivity index (χ3v) is 6.59. The number of aromatic amines is 1. The number of nitrogens with zero attached hydrogens (tertiary/aromatic N) is 2. The van der Waals surface area contributed by atoms with Crippen LogP contribution in [0, 0.1) is 12.7 Å². The van der Waals surface area contributed by atoms with Crippen LogP contribution in [0.25, 0.3) is 22.2 Å². The van der Waals surface area contributed by atoms with E-state index in [2.05, 4.69) is 15.0 Å². The number of H-pyrrole nitrogens is 1. The first-order valence-corrected chi connectivity index (χ1v) is 12.6. The van der Waals surface area contributed by atoms with E-state index in [0.29, 0.717) is 56.4 Å². The normalized spacial score (nSPS) is 10.9. The lowest BCUT2D eigenvalue weighted by atomic mass is 9.97. The molecule has 208 valence electrons. The number of hydrogen-bond acceptors (Lipinski definition) is 8. The van der Waals surface area contributed by atoms with Gasteiger partial charge in [0, 0.05) is 48.3 Å². The molecule has 5 aromatic rings. The standard InChI is InChI=1S/C31H26FN3O6/c1-17-29(21-7-6-19(38-2)14-28(21)40-4)31(37)22(16-34-17)25(36)12-18-5-8-26(23(32)11-18)41-27-9-10-33-24-13-20(39-3)15-35-30(24)27/h5-11,13-16H,12H2,1-4H3,(H,34,37). The van der Waals surface area contributed by atoms with Crippen molar-refractivity contribution in [3.8, 4) is 39.9 Å². The lowest BCUT2D eigenvalue weighted by Gasteiger charge is -2.13. The minimum absolute atomic E-state index is 0.0473. The second kappa shape index (κ2) is 11.5. The number of aromatic nitrogens is 3. The second-order valence-corrected chi connectivity index (χ2v) is 9.12. The number of ether oxygens (including phenoxy) is 4. The topological polar surface area (TPSA) is 113 Å². The van der Waals surface area contributed by atoms with E-state index in [1.807, 2.05) is 0 Å². The van der Waals surface area contributed by atoms with Crippen LogP contribution in [0.5, 0.6) is 28.7 Å². The number of carbonyl (C=O) groups is 1. The van der Waals surface area contributed by atoms with Crippen LogP contribution in [0.3, 0.4) is 0 Å². The molecule has 5 rings (SSSR count). The number of hydrogen-bond donors (Lipinski definition) is 1. The molecule has 0 aliphatic heterocycles. The lowest BCUT2D eigenvalue weighted by molar-refractivity contribution is 0.0991. The number of aryl methyl sites for hydroxylation is 1. The Bertz CT molecular complexity index is 1840. The monoisotopic (exact) mass is 555 g/mol. The average Bonchev–Trinajstić information content (AvgIpc) is 2.98. The van der Waals surface area contributed by atoms with Crippen molar-refractivity contribution in [2.24, 2.45) is 0 Å². The van der Waals surface area contributed by atoms with E-state index in [0.717, 1.165) is 0 Å². The van der Waals surface area contributed by atoms with Gasteiger partial charge in [0.15, 0.2) is 23.1 Å². The molecule has 1 N–H and O–H groups in total. The highest BCUT2D eigenvalue weighted by atomic mass is 19.1. The van der Waals surface area contributed by atoms with Crippen LogP contribution in [0.1, 0.15) is 21.6 Å².